The molecule has 2 aliphatic rings. The number of hydrogen-bond donors (Lipinski definition) is 1. The van der Waals surface area contributed by atoms with Crippen molar-refractivity contribution in [3.05, 3.63) is 24.3 Å². The maximum absolute atomic E-state index is 12.7. The first-order chi connectivity index (χ1) is 12.6. The molecule has 1 saturated carbocycles. The summed E-state index contributed by atoms with van der Waals surface area (Å²) in [5, 5.41) is 3.08. The second-order valence-corrected chi connectivity index (χ2v) is 7.13. The largest absolute Gasteiger partial charge is 0.497 e. The van der Waals surface area contributed by atoms with Gasteiger partial charge in [0, 0.05) is 31.2 Å². The Bertz CT molecular complexity index is 626. The molecule has 0 aromatic heterocycles. The number of rotatable bonds is 5. The van der Waals surface area contributed by atoms with Crippen LogP contribution in [-0.4, -0.2) is 49.1 Å². The Balaban J connectivity index is 1.59. The Morgan fingerprint density at radius 2 is 1.92 bits per heavy atom. The number of anilines is 1. The molecule has 1 N–H and O–H groups in total. The minimum absolute atomic E-state index is 0.0335. The van der Waals surface area contributed by atoms with E-state index >= 15 is 0 Å². The van der Waals surface area contributed by atoms with Crippen LogP contribution in [0.25, 0.3) is 0 Å². The van der Waals surface area contributed by atoms with E-state index in [9.17, 15) is 9.59 Å². The van der Waals surface area contributed by atoms with Gasteiger partial charge >= 0.3 is 6.03 Å². The van der Waals surface area contributed by atoms with Gasteiger partial charge in [-0.25, -0.2) is 4.79 Å². The predicted octanol–water partition coefficient (Wildman–Crippen LogP) is 3.16. The first-order valence-electron chi connectivity index (χ1n) is 9.64. The molecule has 1 aliphatic heterocycles. The van der Waals surface area contributed by atoms with Gasteiger partial charge in [0.05, 0.1) is 13.2 Å². The van der Waals surface area contributed by atoms with Crippen molar-refractivity contribution in [1.82, 2.24) is 10.2 Å². The van der Waals surface area contributed by atoms with Gasteiger partial charge < -0.3 is 19.9 Å². The molecule has 3 amide bonds. The lowest BCUT2D eigenvalue weighted by atomic mass is 9.94. The molecule has 1 heterocycles. The Morgan fingerprint density at radius 3 is 2.54 bits per heavy atom. The van der Waals surface area contributed by atoms with Crippen molar-refractivity contribution in [2.24, 2.45) is 0 Å². The number of benzene rings is 1. The second kappa shape index (κ2) is 8.43. The van der Waals surface area contributed by atoms with Gasteiger partial charge in [-0.15, -0.1) is 0 Å². The number of methoxy groups -OCH3 is 1. The van der Waals surface area contributed by atoms with Gasteiger partial charge in [-0.3, -0.25) is 4.79 Å². The molecule has 1 saturated heterocycles. The third-order valence-electron chi connectivity index (χ3n) is 5.45. The molecular formula is C20H29N3O3. The normalized spacial score (nSPS) is 20.9. The molecular weight excluding hydrogens is 330 g/mol. The van der Waals surface area contributed by atoms with Crippen molar-refractivity contribution < 1.29 is 14.3 Å². The third-order valence-corrected chi connectivity index (χ3v) is 5.45. The van der Waals surface area contributed by atoms with Crippen molar-refractivity contribution in [1.29, 1.82) is 0 Å². The summed E-state index contributed by atoms with van der Waals surface area (Å²) in [4.78, 5) is 28.8. The molecule has 0 unspecified atom stereocenters. The molecule has 1 atom stereocenters. The van der Waals surface area contributed by atoms with Crippen LogP contribution in [0.3, 0.4) is 0 Å². The first-order valence-corrected chi connectivity index (χ1v) is 9.64. The van der Waals surface area contributed by atoms with Gasteiger partial charge in [0.15, 0.2) is 0 Å². The average Bonchev–Trinajstić information content (AvgIpc) is 3.03. The summed E-state index contributed by atoms with van der Waals surface area (Å²) < 4.78 is 5.16. The van der Waals surface area contributed by atoms with Crippen LogP contribution in [0.4, 0.5) is 10.5 Å². The highest BCUT2D eigenvalue weighted by Crippen LogP contribution is 2.25. The van der Waals surface area contributed by atoms with Gasteiger partial charge in [-0.2, -0.15) is 0 Å². The summed E-state index contributed by atoms with van der Waals surface area (Å²) >= 11 is 0. The lowest BCUT2D eigenvalue weighted by Gasteiger charge is -2.34. The zero-order chi connectivity index (χ0) is 18.5. The standard InChI is InChI=1S/C20H29N3O3/c1-3-22(16-7-5-4-6-8-16)20(25)21-15-13-19(24)23(14-15)17-9-11-18(26-2)12-10-17/h9-12,15-16H,3-8,13-14H2,1-2H3,(H,21,25)/t15-/m1/s1. The third kappa shape index (κ3) is 4.11. The van der Waals surface area contributed by atoms with Gasteiger partial charge in [0.1, 0.15) is 5.75 Å². The fraction of sp³-hybridized carbons (Fsp3) is 0.600. The van der Waals surface area contributed by atoms with Crippen molar-refractivity contribution in [3.63, 3.8) is 0 Å². The summed E-state index contributed by atoms with van der Waals surface area (Å²) in [7, 11) is 1.62. The van der Waals surface area contributed by atoms with E-state index in [1.54, 1.807) is 12.0 Å². The lowest BCUT2D eigenvalue weighted by molar-refractivity contribution is -0.117. The van der Waals surface area contributed by atoms with E-state index in [1.807, 2.05) is 36.1 Å². The second-order valence-electron chi connectivity index (χ2n) is 7.13. The number of carbonyl (C=O) groups excluding carboxylic acids is 2. The van der Waals surface area contributed by atoms with Crippen LogP contribution in [0.1, 0.15) is 45.4 Å². The highest BCUT2D eigenvalue weighted by molar-refractivity contribution is 5.96. The Morgan fingerprint density at radius 1 is 1.23 bits per heavy atom. The molecule has 1 aliphatic carbocycles. The fourth-order valence-electron chi connectivity index (χ4n) is 4.03. The van der Waals surface area contributed by atoms with Crippen LogP contribution in [-0.2, 0) is 4.79 Å². The number of carbonyl (C=O) groups is 2. The number of nitrogens with one attached hydrogen (secondary N) is 1. The smallest absolute Gasteiger partial charge is 0.317 e. The summed E-state index contributed by atoms with van der Waals surface area (Å²) in [5.41, 5.74) is 0.840. The van der Waals surface area contributed by atoms with Gasteiger partial charge in [0.2, 0.25) is 5.91 Å². The summed E-state index contributed by atoms with van der Waals surface area (Å²) in [5.74, 6) is 0.803. The van der Waals surface area contributed by atoms with Crippen molar-refractivity contribution in [2.45, 2.75) is 57.5 Å². The lowest BCUT2D eigenvalue weighted by Crippen LogP contribution is -2.50. The van der Waals surface area contributed by atoms with Crippen LogP contribution in [0.5, 0.6) is 5.75 Å². The number of ether oxygens (including phenoxy) is 1. The van der Waals surface area contributed by atoms with Crippen LogP contribution in [0.2, 0.25) is 0 Å². The van der Waals surface area contributed by atoms with Crippen LogP contribution >= 0.6 is 0 Å². The summed E-state index contributed by atoms with van der Waals surface area (Å²) in [6.45, 7) is 3.25. The van der Waals surface area contributed by atoms with Crippen molar-refractivity contribution in [3.8, 4) is 5.75 Å². The highest BCUT2D eigenvalue weighted by Gasteiger charge is 2.33. The SMILES string of the molecule is CCN(C(=O)N[C@@H]1CC(=O)N(c2ccc(OC)cc2)C1)C1CCCCC1. The minimum atomic E-state index is -0.144. The van der Waals surface area contributed by atoms with Crippen molar-refractivity contribution in [2.75, 3.05) is 25.1 Å². The predicted molar refractivity (Wildman–Crippen MR) is 102 cm³/mol. The van der Waals surface area contributed by atoms with Crippen LogP contribution in [0, 0.1) is 0 Å². The number of hydrogen-bond acceptors (Lipinski definition) is 3. The molecule has 0 spiro atoms. The van der Waals surface area contributed by atoms with E-state index in [0.29, 0.717) is 25.6 Å². The summed E-state index contributed by atoms with van der Waals surface area (Å²) in [6.07, 6.45) is 6.18. The molecule has 0 bridgehead atoms. The van der Waals surface area contributed by atoms with Crippen molar-refractivity contribution >= 4 is 17.6 Å². The van der Waals surface area contributed by atoms with E-state index in [0.717, 1.165) is 24.3 Å². The zero-order valence-corrected chi connectivity index (χ0v) is 15.7. The maximum atomic E-state index is 12.7. The van der Waals surface area contributed by atoms with E-state index < -0.39 is 0 Å². The van der Waals surface area contributed by atoms with E-state index in [1.165, 1.54) is 19.3 Å². The Hall–Kier alpha value is -2.24. The quantitative estimate of drug-likeness (QED) is 0.878. The van der Waals surface area contributed by atoms with Gasteiger partial charge in [0.25, 0.3) is 0 Å². The first kappa shape index (κ1) is 18.5. The van der Waals surface area contributed by atoms with E-state index in [4.69, 9.17) is 4.74 Å². The monoisotopic (exact) mass is 359 g/mol. The maximum Gasteiger partial charge on any atom is 0.317 e. The fourth-order valence-corrected chi connectivity index (χ4v) is 4.03. The molecule has 142 valence electrons. The molecule has 0 radical (unpaired) electrons. The molecule has 2 fully saturated rings. The number of amides is 3. The van der Waals surface area contributed by atoms with Gasteiger partial charge in [-0.05, 0) is 44.0 Å². The highest BCUT2D eigenvalue weighted by atomic mass is 16.5. The van der Waals surface area contributed by atoms with Crippen LogP contribution in [0.15, 0.2) is 24.3 Å². The number of urea groups is 1. The molecule has 3 rings (SSSR count). The molecule has 6 nitrogen and oxygen atoms in total. The summed E-state index contributed by atoms with van der Waals surface area (Å²) in [6, 6.07) is 7.60. The Kier molecular flexibility index (Phi) is 6.01. The molecule has 1 aromatic rings. The van der Waals surface area contributed by atoms with Gasteiger partial charge in [-0.1, -0.05) is 19.3 Å². The average molecular weight is 359 g/mol. The van der Waals surface area contributed by atoms with E-state index in [-0.39, 0.29) is 18.0 Å². The van der Waals surface area contributed by atoms with E-state index in [2.05, 4.69) is 5.32 Å². The molecule has 26 heavy (non-hydrogen) atoms. The molecule has 1 aromatic carbocycles. The topological polar surface area (TPSA) is 61.9 Å². The Labute approximate surface area is 155 Å². The van der Waals surface area contributed by atoms with Crippen LogP contribution < -0.4 is 15.0 Å². The number of nitrogens with zero attached hydrogens (tertiary/aromatic N) is 2. The molecule has 6 heteroatoms. The minimum Gasteiger partial charge on any atom is -0.497 e. The zero-order valence-electron chi connectivity index (χ0n) is 15.7.